The van der Waals surface area contributed by atoms with Gasteiger partial charge >= 0.3 is 0 Å². The van der Waals surface area contributed by atoms with E-state index >= 15 is 0 Å². The summed E-state index contributed by atoms with van der Waals surface area (Å²) in [7, 11) is 0. The highest BCUT2D eigenvalue weighted by Crippen LogP contribution is 2.18. The molecule has 0 saturated heterocycles. The third-order valence-electron chi connectivity index (χ3n) is 2.27. The number of ether oxygens (including phenoxy) is 1. The van der Waals surface area contributed by atoms with Crippen LogP contribution in [0.3, 0.4) is 0 Å². The standard InChI is InChI=1S/C16H23NO3.2C2H6/c1-6-10-14(19)15(9-4)20-16(11-7-2)13(8-3)17-12(5)18;2*1-2/h7-9,11,19H,3-4,6,10H2,1-2,5H3,(H,17,18);2*1-2H3/b11-7-,15-14-,16-13-;;. The smallest absolute Gasteiger partial charge is 0.221 e. The first-order valence-corrected chi connectivity index (χ1v) is 8.49. The van der Waals surface area contributed by atoms with Crippen LogP contribution in [0.4, 0.5) is 0 Å². The van der Waals surface area contributed by atoms with Gasteiger partial charge in [0.1, 0.15) is 5.76 Å². The molecule has 0 saturated carbocycles. The van der Waals surface area contributed by atoms with Crippen LogP contribution in [0.1, 0.15) is 61.3 Å². The normalized spacial score (nSPS) is 11.6. The molecule has 0 bridgehead atoms. The van der Waals surface area contributed by atoms with Gasteiger partial charge < -0.3 is 15.2 Å². The fourth-order valence-electron chi connectivity index (χ4n) is 1.43. The van der Waals surface area contributed by atoms with Crippen molar-refractivity contribution in [3.8, 4) is 0 Å². The lowest BCUT2D eigenvalue weighted by molar-refractivity contribution is -0.118. The number of amides is 1. The van der Waals surface area contributed by atoms with E-state index in [4.69, 9.17) is 4.74 Å². The van der Waals surface area contributed by atoms with Crippen LogP contribution in [-0.2, 0) is 9.53 Å². The maximum Gasteiger partial charge on any atom is 0.221 e. The minimum atomic E-state index is -0.229. The average Bonchev–Trinajstić information content (AvgIpc) is 2.60. The summed E-state index contributed by atoms with van der Waals surface area (Å²) >= 11 is 0. The van der Waals surface area contributed by atoms with Crippen LogP contribution >= 0.6 is 0 Å². The van der Waals surface area contributed by atoms with Crippen LogP contribution in [0, 0.1) is 0 Å². The van der Waals surface area contributed by atoms with E-state index in [-0.39, 0.29) is 17.4 Å². The first-order chi connectivity index (χ1) is 11.5. The van der Waals surface area contributed by atoms with Crippen LogP contribution in [0.2, 0.25) is 0 Å². The van der Waals surface area contributed by atoms with Gasteiger partial charge in [-0.1, -0.05) is 53.9 Å². The molecule has 0 spiro atoms. The fourth-order valence-corrected chi connectivity index (χ4v) is 1.43. The Morgan fingerprint density at radius 3 is 2.00 bits per heavy atom. The molecule has 0 aromatic rings. The fraction of sp³-hybridized carbons (Fsp3) is 0.450. The van der Waals surface area contributed by atoms with Gasteiger partial charge in [0.25, 0.3) is 0 Å². The van der Waals surface area contributed by atoms with E-state index in [1.54, 1.807) is 12.2 Å². The third-order valence-corrected chi connectivity index (χ3v) is 2.27. The minimum absolute atomic E-state index is 0.121. The number of carbonyl (C=O) groups excluding carboxylic acids is 1. The molecule has 0 aliphatic heterocycles. The van der Waals surface area contributed by atoms with Gasteiger partial charge in [-0.25, -0.2) is 0 Å². The molecule has 0 aromatic carbocycles. The molecule has 4 nitrogen and oxygen atoms in total. The van der Waals surface area contributed by atoms with Gasteiger partial charge in [-0.2, -0.15) is 0 Å². The molecule has 0 aliphatic carbocycles. The van der Waals surface area contributed by atoms with Crippen LogP contribution < -0.4 is 5.32 Å². The zero-order chi connectivity index (χ0) is 19.5. The summed E-state index contributed by atoms with van der Waals surface area (Å²) < 4.78 is 5.63. The van der Waals surface area contributed by atoms with Gasteiger partial charge in [0.15, 0.2) is 11.5 Å². The van der Waals surface area contributed by atoms with Crippen LogP contribution in [0.15, 0.2) is 60.4 Å². The van der Waals surface area contributed by atoms with Gasteiger partial charge in [0.2, 0.25) is 5.91 Å². The average molecular weight is 338 g/mol. The second kappa shape index (κ2) is 18.8. The number of aliphatic hydroxyl groups excluding tert-OH is 1. The summed E-state index contributed by atoms with van der Waals surface area (Å²) in [6.07, 6.45) is 7.63. The number of nitrogens with one attached hydrogen (secondary N) is 1. The van der Waals surface area contributed by atoms with Gasteiger partial charge in [0.05, 0.1) is 5.70 Å². The molecule has 138 valence electrons. The molecule has 4 heteroatoms. The van der Waals surface area contributed by atoms with E-state index in [1.165, 1.54) is 19.1 Å². The highest BCUT2D eigenvalue weighted by atomic mass is 16.5. The van der Waals surface area contributed by atoms with E-state index in [9.17, 15) is 9.90 Å². The Labute approximate surface area is 148 Å². The van der Waals surface area contributed by atoms with Crippen molar-refractivity contribution < 1.29 is 14.6 Å². The Balaban J connectivity index is -0.00000102. The Hall–Kier alpha value is -2.23. The highest BCUT2D eigenvalue weighted by Gasteiger charge is 2.09. The second-order valence-electron chi connectivity index (χ2n) is 4.03. The lowest BCUT2D eigenvalue weighted by atomic mass is 10.2. The molecule has 0 unspecified atom stereocenters. The Morgan fingerprint density at radius 2 is 1.67 bits per heavy atom. The van der Waals surface area contributed by atoms with Crippen molar-refractivity contribution in [2.45, 2.75) is 61.3 Å². The third kappa shape index (κ3) is 12.3. The summed E-state index contributed by atoms with van der Waals surface area (Å²) in [5, 5.41) is 12.5. The van der Waals surface area contributed by atoms with E-state index in [0.29, 0.717) is 17.9 Å². The first-order valence-electron chi connectivity index (χ1n) is 8.49. The van der Waals surface area contributed by atoms with E-state index < -0.39 is 0 Å². The lowest BCUT2D eigenvalue weighted by Crippen LogP contribution is -2.19. The van der Waals surface area contributed by atoms with Crippen molar-refractivity contribution in [3.05, 3.63) is 60.4 Å². The molecular formula is C20H35NO3. The van der Waals surface area contributed by atoms with Gasteiger partial charge in [0, 0.05) is 13.3 Å². The zero-order valence-corrected chi connectivity index (χ0v) is 16.4. The highest BCUT2D eigenvalue weighted by molar-refractivity contribution is 5.75. The van der Waals surface area contributed by atoms with Crippen LogP contribution in [0.25, 0.3) is 0 Å². The van der Waals surface area contributed by atoms with E-state index in [1.807, 2.05) is 41.5 Å². The van der Waals surface area contributed by atoms with Gasteiger partial charge in [-0.05, 0) is 31.6 Å². The van der Waals surface area contributed by atoms with Crippen molar-refractivity contribution in [1.29, 1.82) is 0 Å². The minimum Gasteiger partial charge on any atom is -0.508 e. The quantitative estimate of drug-likeness (QED) is 0.427. The largest absolute Gasteiger partial charge is 0.508 e. The molecule has 0 heterocycles. The van der Waals surface area contributed by atoms with E-state index in [2.05, 4.69) is 18.5 Å². The van der Waals surface area contributed by atoms with Crippen LogP contribution in [0.5, 0.6) is 0 Å². The SMILES string of the molecule is C=C/C(NC(C)=O)=C(\C=C/C)O/C(C=C)=C(\O)CCC.CC.CC. The monoisotopic (exact) mass is 337 g/mol. The summed E-state index contributed by atoms with van der Waals surface area (Å²) in [5.74, 6) is 0.545. The van der Waals surface area contributed by atoms with Crippen molar-refractivity contribution in [3.63, 3.8) is 0 Å². The molecular weight excluding hydrogens is 302 g/mol. The number of hydrogen-bond acceptors (Lipinski definition) is 3. The Kier molecular flexibility index (Phi) is 20.9. The summed E-state index contributed by atoms with van der Waals surface area (Å²) in [4.78, 5) is 11.2. The molecule has 0 aromatic heterocycles. The van der Waals surface area contributed by atoms with Crippen molar-refractivity contribution in [2.24, 2.45) is 0 Å². The van der Waals surface area contributed by atoms with E-state index in [0.717, 1.165) is 6.42 Å². The number of rotatable bonds is 8. The Bertz CT molecular complexity index is 458. The predicted octanol–water partition coefficient (Wildman–Crippen LogP) is 5.92. The molecule has 0 atom stereocenters. The van der Waals surface area contributed by atoms with Crippen molar-refractivity contribution in [1.82, 2.24) is 5.32 Å². The number of carbonyl (C=O) groups is 1. The zero-order valence-electron chi connectivity index (χ0n) is 16.4. The topological polar surface area (TPSA) is 58.6 Å². The second-order valence-corrected chi connectivity index (χ2v) is 4.03. The van der Waals surface area contributed by atoms with Crippen LogP contribution in [-0.4, -0.2) is 11.0 Å². The van der Waals surface area contributed by atoms with Gasteiger partial charge in [-0.15, -0.1) is 0 Å². The number of aliphatic hydroxyl groups is 1. The molecule has 0 rings (SSSR count). The summed E-state index contributed by atoms with van der Waals surface area (Å²) in [5.41, 5.74) is 0.430. The molecule has 1 amide bonds. The lowest BCUT2D eigenvalue weighted by Gasteiger charge is -2.13. The molecule has 0 radical (unpaired) electrons. The summed E-state index contributed by atoms with van der Waals surface area (Å²) in [6, 6.07) is 0. The first kappa shape index (κ1) is 26.7. The van der Waals surface area contributed by atoms with Crippen molar-refractivity contribution in [2.75, 3.05) is 0 Å². The maximum absolute atomic E-state index is 11.2. The van der Waals surface area contributed by atoms with Crippen molar-refractivity contribution >= 4 is 5.91 Å². The number of allylic oxidation sites excluding steroid dienone is 5. The molecule has 0 aliphatic rings. The summed E-state index contributed by atoms with van der Waals surface area (Å²) in [6.45, 7) is 20.4. The molecule has 24 heavy (non-hydrogen) atoms. The number of hydrogen-bond donors (Lipinski definition) is 2. The maximum atomic E-state index is 11.2. The molecule has 2 N–H and O–H groups in total. The van der Waals surface area contributed by atoms with Gasteiger partial charge in [-0.3, -0.25) is 4.79 Å². The Morgan fingerprint density at radius 1 is 1.12 bits per heavy atom. The predicted molar refractivity (Wildman–Crippen MR) is 104 cm³/mol. The molecule has 0 fully saturated rings.